The number of rotatable bonds is 7. The summed E-state index contributed by atoms with van der Waals surface area (Å²) < 4.78 is 15.1. The van der Waals surface area contributed by atoms with Crippen LogP contribution in [-0.2, 0) is 0 Å². The Bertz CT molecular complexity index is 446. The molecule has 0 bridgehead atoms. The summed E-state index contributed by atoms with van der Waals surface area (Å²) in [5.41, 5.74) is 6.69. The largest absolute Gasteiger partial charge is 0.329 e. The van der Waals surface area contributed by atoms with E-state index in [9.17, 15) is 4.39 Å². The van der Waals surface area contributed by atoms with Crippen LogP contribution in [0.15, 0.2) is 22.7 Å². The molecule has 1 atom stereocenters. The van der Waals surface area contributed by atoms with Crippen molar-refractivity contribution >= 4 is 15.9 Å². The fourth-order valence-electron chi connectivity index (χ4n) is 2.62. The molecule has 0 amide bonds. The van der Waals surface area contributed by atoms with E-state index >= 15 is 0 Å². The lowest BCUT2D eigenvalue weighted by Crippen LogP contribution is -2.37. The predicted octanol–water partition coefficient (Wildman–Crippen LogP) is 4.10. The van der Waals surface area contributed by atoms with Crippen molar-refractivity contribution in [2.45, 2.75) is 45.2 Å². The molecule has 0 saturated heterocycles. The average Bonchev–Trinajstić information content (AvgIpc) is 3.22. The summed E-state index contributed by atoms with van der Waals surface area (Å²) in [5.74, 6) is 0.501. The molecule has 2 N–H and O–H groups in total. The second kappa shape index (κ2) is 7.01. The molecule has 112 valence electrons. The third-order valence-corrected chi connectivity index (χ3v) is 4.41. The van der Waals surface area contributed by atoms with E-state index in [4.69, 9.17) is 5.73 Å². The van der Waals surface area contributed by atoms with Gasteiger partial charge in [-0.2, -0.15) is 0 Å². The van der Waals surface area contributed by atoms with Gasteiger partial charge in [-0.25, -0.2) is 4.39 Å². The summed E-state index contributed by atoms with van der Waals surface area (Å²) in [4.78, 5) is 2.41. The highest BCUT2D eigenvalue weighted by Crippen LogP contribution is 2.36. The molecule has 2 nitrogen and oxygen atoms in total. The highest BCUT2D eigenvalue weighted by atomic mass is 79.9. The van der Waals surface area contributed by atoms with E-state index in [0.717, 1.165) is 23.0 Å². The van der Waals surface area contributed by atoms with Gasteiger partial charge in [0.2, 0.25) is 0 Å². The Morgan fingerprint density at radius 1 is 1.40 bits per heavy atom. The lowest BCUT2D eigenvalue weighted by molar-refractivity contribution is 0.177. The molecule has 1 aromatic carbocycles. The van der Waals surface area contributed by atoms with Crippen LogP contribution in [0.25, 0.3) is 0 Å². The van der Waals surface area contributed by atoms with Gasteiger partial charge < -0.3 is 5.73 Å². The van der Waals surface area contributed by atoms with Gasteiger partial charge in [-0.3, -0.25) is 4.90 Å². The molecule has 2 rings (SSSR count). The Morgan fingerprint density at radius 2 is 2.10 bits per heavy atom. The summed E-state index contributed by atoms with van der Waals surface area (Å²) >= 11 is 3.43. The molecule has 0 spiro atoms. The minimum atomic E-state index is -0.154. The number of benzene rings is 1. The zero-order chi connectivity index (χ0) is 14.7. The van der Waals surface area contributed by atoms with Crippen LogP contribution in [0.4, 0.5) is 4.39 Å². The molecular weight excluding hydrogens is 319 g/mol. The van der Waals surface area contributed by atoms with Gasteiger partial charge in [-0.05, 0) is 49.9 Å². The van der Waals surface area contributed by atoms with Crippen LogP contribution < -0.4 is 5.73 Å². The first-order chi connectivity index (χ1) is 9.52. The molecule has 1 aromatic rings. The zero-order valence-electron chi connectivity index (χ0n) is 12.3. The molecule has 0 aliphatic heterocycles. The monoisotopic (exact) mass is 342 g/mol. The van der Waals surface area contributed by atoms with Gasteiger partial charge in [-0.1, -0.05) is 29.8 Å². The Balaban J connectivity index is 2.21. The summed E-state index contributed by atoms with van der Waals surface area (Å²) in [6.07, 6.45) is 3.55. The van der Waals surface area contributed by atoms with Crippen LogP contribution in [0.3, 0.4) is 0 Å². The van der Waals surface area contributed by atoms with E-state index in [1.54, 1.807) is 6.07 Å². The number of halogens is 2. The van der Waals surface area contributed by atoms with Crippen molar-refractivity contribution in [1.82, 2.24) is 4.90 Å². The van der Waals surface area contributed by atoms with E-state index in [1.165, 1.54) is 18.9 Å². The molecule has 20 heavy (non-hydrogen) atoms. The maximum absolute atomic E-state index is 14.1. The van der Waals surface area contributed by atoms with Crippen molar-refractivity contribution in [2.75, 3.05) is 13.1 Å². The maximum Gasteiger partial charge on any atom is 0.128 e. The summed E-state index contributed by atoms with van der Waals surface area (Å²) in [7, 11) is 0. The Kier molecular flexibility index (Phi) is 5.58. The van der Waals surface area contributed by atoms with Gasteiger partial charge in [0.25, 0.3) is 0 Å². The first-order valence-electron chi connectivity index (χ1n) is 7.43. The maximum atomic E-state index is 14.1. The highest BCUT2D eigenvalue weighted by molar-refractivity contribution is 9.10. The highest BCUT2D eigenvalue weighted by Gasteiger charge is 2.34. The fraction of sp³-hybridized carbons (Fsp3) is 0.625. The minimum Gasteiger partial charge on any atom is -0.329 e. The van der Waals surface area contributed by atoms with Gasteiger partial charge in [0, 0.05) is 22.6 Å². The summed E-state index contributed by atoms with van der Waals surface area (Å²) in [6, 6.07) is 5.70. The Hall–Kier alpha value is -0.450. The summed E-state index contributed by atoms with van der Waals surface area (Å²) in [5, 5.41) is 0. The fourth-order valence-corrected chi connectivity index (χ4v) is 3.00. The van der Waals surface area contributed by atoms with E-state index in [0.29, 0.717) is 18.5 Å². The van der Waals surface area contributed by atoms with Crippen molar-refractivity contribution in [3.05, 3.63) is 34.1 Å². The molecule has 0 aromatic heterocycles. The second-order valence-electron chi connectivity index (χ2n) is 6.07. The topological polar surface area (TPSA) is 29.3 Å². The van der Waals surface area contributed by atoms with Crippen LogP contribution in [0.1, 0.15) is 44.7 Å². The number of hydrogen-bond acceptors (Lipinski definition) is 2. The van der Waals surface area contributed by atoms with E-state index in [2.05, 4.69) is 34.7 Å². The van der Waals surface area contributed by atoms with Crippen molar-refractivity contribution in [3.8, 4) is 0 Å². The van der Waals surface area contributed by atoms with E-state index in [1.807, 2.05) is 6.07 Å². The molecule has 0 heterocycles. The molecular formula is C16H24BrFN2. The van der Waals surface area contributed by atoms with Crippen molar-refractivity contribution in [3.63, 3.8) is 0 Å². The molecule has 1 unspecified atom stereocenters. The molecule has 1 aliphatic carbocycles. The van der Waals surface area contributed by atoms with Gasteiger partial charge in [-0.15, -0.1) is 0 Å². The van der Waals surface area contributed by atoms with Gasteiger partial charge in [0.15, 0.2) is 0 Å². The van der Waals surface area contributed by atoms with Crippen LogP contribution in [-0.4, -0.2) is 24.0 Å². The molecule has 1 fully saturated rings. The van der Waals surface area contributed by atoms with Crippen molar-refractivity contribution in [2.24, 2.45) is 11.7 Å². The number of nitrogens with zero attached hydrogens (tertiary/aromatic N) is 1. The molecule has 4 heteroatoms. The zero-order valence-corrected chi connectivity index (χ0v) is 13.9. The number of hydrogen-bond donors (Lipinski definition) is 1. The van der Waals surface area contributed by atoms with Gasteiger partial charge >= 0.3 is 0 Å². The molecule has 0 radical (unpaired) electrons. The molecule has 1 aliphatic rings. The smallest absolute Gasteiger partial charge is 0.128 e. The van der Waals surface area contributed by atoms with Crippen LogP contribution in [0.5, 0.6) is 0 Å². The standard InChI is InChI=1S/C16H24BrFN2/c1-11(2)7-8-20(13-4-5-13)16(10-19)14-9-12(17)3-6-15(14)18/h3,6,9,11,13,16H,4-5,7-8,10,19H2,1-2H3. The average molecular weight is 343 g/mol. The SMILES string of the molecule is CC(C)CCN(C1CC1)C(CN)c1cc(Br)ccc1F. The third-order valence-electron chi connectivity index (χ3n) is 3.92. The third kappa shape index (κ3) is 4.03. The van der Waals surface area contributed by atoms with E-state index in [-0.39, 0.29) is 11.9 Å². The van der Waals surface area contributed by atoms with Crippen molar-refractivity contribution in [1.29, 1.82) is 0 Å². The second-order valence-corrected chi connectivity index (χ2v) is 6.98. The minimum absolute atomic E-state index is 0.0150. The first-order valence-corrected chi connectivity index (χ1v) is 8.23. The predicted molar refractivity (Wildman–Crippen MR) is 85.1 cm³/mol. The van der Waals surface area contributed by atoms with Crippen LogP contribution >= 0.6 is 15.9 Å². The van der Waals surface area contributed by atoms with Crippen LogP contribution in [0, 0.1) is 11.7 Å². The van der Waals surface area contributed by atoms with Gasteiger partial charge in [0.05, 0.1) is 6.04 Å². The lowest BCUT2D eigenvalue weighted by Gasteiger charge is -2.32. The van der Waals surface area contributed by atoms with Crippen LogP contribution in [0.2, 0.25) is 0 Å². The molecule has 1 saturated carbocycles. The Labute approximate surface area is 129 Å². The van der Waals surface area contributed by atoms with Gasteiger partial charge in [0.1, 0.15) is 5.82 Å². The van der Waals surface area contributed by atoms with Crippen molar-refractivity contribution < 1.29 is 4.39 Å². The first kappa shape index (κ1) is 15.9. The van der Waals surface area contributed by atoms with E-state index < -0.39 is 0 Å². The lowest BCUT2D eigenvalue weighted by atomic mass is 10.0. The Morgan fingerprint density at radius 3 is 2.65 bits per heavy atom. The number of nitrogens with two attached hydrogens (primary N) is 1. The quantitative estimate of drug-likeness (QED) is 0.808. The normalized spacial score (nSPS) is 16.9. The summed E-state index contributed by atoms with van der Waals surface area (Å²) in [6.45, 7) is 5.91.